The number of hydrogen-bond acceptors (Lipinski definition) is 5. The van der Waals surface area contributed by atoms with Crippen LogP contribution >= 0.6 is 11.6 Å². The third-order valence-electron chi connectivity index (χ3n) is 4.53. The van der Waals surface area contributed by atoms with Gasteiger partial charge in [0, 0.05) is 29.1 Å². The van der Waals surface area contributed by atoms with E-state index in [2.05, 4.69) is 5.32 Å². The molecule has 3 aromatic carbocycles. The molecular weight excluding hydrogens is 402 g/mol. The molecule has 0 aliphatic rings. The number of para-hydroxylation sites is 1. The fraction of sp³-hybridized carbons (Fsp3) is 0.0833. The van der Waals surface area contributed by atoms with Gasteiger partial charge in [-0.15, -0.1) is 0 Å². The highest BCUT2D eigenvalue weighted by Crippen LogP contribution is 2.24. The lowest BCUT2D eigenvalue weighted by atomic mass is 10.1. The number of fused-ring (bicyclic) bond motifs is 1. The minimum Gasteiger partial charge on any atom is -0.457 e. The molecule has 0 unspecified atom stereocenters. The Morgan fingerprint density at radius 2 is 1.60 bits per heavy atom. The quantitative estimate of drug-likeness (QED) is 0.297. The number of carbonyl (C=O) groups is 1. The van der Waals surface area contributed by atoms with Crippen LogP contribution < -0.4 is 15.7 Å². The van der Waals surface area contributed by atoms with Crippen molar-refractivity contribution < 1.29 is 13.9 Å². The summed E-state index contributed by atoms with van der Waals surface area (Å²) in [6.45, 7) is 0.391. The molecule has 0 aliphatic carbocycles. The second-order valence-electron chi connectivity index (χ2n) is 6.67. The van der Waals surface area contributed by atoms with Crippen molar-refractivity contribution >= 4 is 34.0 Å². The standard InChI is InChI=1S/C24H18ClNO4/c25-17-5-9-19(10-6-17)29-20-11-7-18(8-12-20)26-14-13-22(27)21-15-16-3-1-2-4-23(16)30-24(21)28/h1-12,15,26H,13-14H2. The lowest BCUT2D eigenvalue weighted by molar-refractivity contribution is 0.0983. The zero-order valence-electron chi connectivity index (χ0n) is 15.9. The summed E-state index contributed by atoms with van der Waals surface area (Å²) in [5.74, 6) is 1.12. The van der Waals surface area contributed by atoms with Crippen LogP contribution in [-0.2, 0) is 0 Å². The number of Topliss-reactive ketones (excluding diaryl/α,β-unsaturated/α-hetero) is 1. The Kier molecular flexibility index (Phi) is 5.82. The second kappa shape index (κ2) is 8.84. The van der Waals surface area contributed by atoms with E-state index in [1.165, 1.54) is 0 Å². The van der Waals surface area contributed by atoms with E-state index in [9.17, 15) is 9.59 Å². The average Bonchev–Trinajstić information content (AvgIpc) is 2.76. The zero-order chi connectivity index (χ0) is 20.9. The summed E-state index contributed by atoms with van der Waals surface area (Å²) >= 11 is 5.87. The summed E-state index contributed by atoms with van der Waals surface area (Å²) < 4.78 is 11.0. The van der Waals surface area contributed by atoms with Crippen molar-refractivity contribution in [1.29, 1.82) is 0 Å². The molecule has 6 heteroatoms. The molecule has 1 N–H and O–H groups in total. The highest BCUT2D eigenvalue weighted by Gasteiger charge is 2.13. The van der Waals surface area contributed by atoms with Crippen LogP contribution in [-0.4, -0.2) is 12.3 Å². The normalized spacial score (nSPS) is 10.7. The van der Waals surface area contributed by atoms with Crippen molar-refractivity contribution in [2.24, 2.45) is 0 Å². The number of halogens is 1. The average molecular weight is 420 g/mol. The molecule has 0 radical (unpaired) electrons. The highest BCUT2D eigenvalue weighted by molar-refractivity contribution is 6.30. The minimum absolute atomic E-state index is 0.0715. The first-order valence-electron chi connectivity index (χ1n) is 9.42. The van der Waals surface area contributed by atoms with Gasteiger partial charge in [-0.05, 0) is 60.7 Å². The molecule has 0 atom stereocenters. The van der Waals surface area contributed by atoms with Crippen LogP contribution in [0.25, 0.3) is 11.0 Å². The van der Waals surface area contributed by atoms with Gasteiger partial charge in [-0.1, -0.05) is 29.8 Å². The summed E-state index contributed by atoms with van der Waals surface area (Å²) in [4.78, 5) is 24.5. The Morgan fingerprint density at radius 1 is 0.933 bits per heavy atom. The molecule has 1 aromatic heterocycles. The van der Waals surface area contributed by atoms with Gasteiger partial charge in [-0.3, -0.25) is 4.79 Å². The summed E-state index contributed by atoms with van der Waals surface area (Å²) in [6.07, 6.45) is 0.173. The molecule has 0 saturated carbocycles. The molecule has 150 valence electrons. The highest BCUT2D eigenvalue weighted by atomic mass is 35.5. The van der Waals surface area contributed by atoms with Crippen LogP contribution in [0.15, 0.2) is 88.1 Å². The number of ether oxygens (including phenoxy) is 1. The van der Waals surface area contributed by atoms with E-state index in [1.54, 1.807) is 48.5 Å². The number of benzene rings is 3. The maximum atomic E-state index is 12.5. The third kappa shape index (κ3) is 4.70. The summed E-state index contributed by atoms with van der Waals surface area (Å²) in [5, 5.41) is 4.55. The van der Waals surface area contributed by atoms with Gasteiger partial charge in [0.2, 0.25) is 0 Å². The molecule has 0 bridgehead atoms. The first-order chi connectivity index (χ1) is 14.6. The van der Waals surface area contributed by atoms with Gasteiger partial charge in [-0.25, -0.2) is 4.79 Å². The molecule has 0 fully saturated rings. The Morgan fingerprint density at radius 3 is 2.33 bits per heavy atom. The van der Waals surface area contributed by atoms with Crippen molar-refractivity contribution in [3.8, 4) is 11.5 Å². The number of carbonyl (C=O) groups excluding carboxylic acids is 1. The van der Waals surface area contributed by atoms with Crippen LogP contribution in [0.5, 0.6) is 11.5 Å². The molecule has 30 heavy (non-hydrogen) atoms. The van der Waals surface area contributed by atoms with Crippen LogP contribution in [0.4, 0.5) is 5.69 Å². The van der Waals surface area contributed by atoms with Gasteiger partial charge in [0.25, 0.3) is 0 Å². The van der Waals surface area contributed by atoms with E-state index in [4.69, 9.17) is 20.8 Å². The van der Waals surface area contributed by atoms with E-state index in [-0.39, 0.29) is 17.8 Å². The molecular formula is C24H18ClNO4. The van der Waals surface area contributed by atoms with Crippen molar-refractivity contribution in [2.75, 3.05) is 11.9 Å². The van der Waals surface area contributed by atoms with Crippen LogP contribution in [0.1, 0.15) is 16.8 Å². The number of hydrogen-bond donors (Lipinski definition) is 1. The molecule has 0 aliphatic heterocycles. The number of nitrogens with one attached hydrogen (secondary N) is 1. The van der Waals surface area contributed by atoms with Gasteiger partial charge in [0.1, 0.15) is 22.6 Å². The van der Waals surface area contributed by atoms with Gasteiger partial charge in [0.15, 0.2) is 5.78 Å². The summed E-state index contributed by atoms with van der Waals surface area (Å²) in [5.41, 5.74) is 0.777. The molecule has 5 nitrogen and oxygen atoms in total. The van der Waals surface area contributed by atoms with E-state index < -0.39 is 5.63 Å². The Balaban J connectivity index is 1.34. The maximum Gasteiger partial charge on any atom is 0.347 e. The Bertz CT molecular complexity index is 1230. The first-order valence-corrected chi connectivity index (χ1v) is 9.80. The predicted octanol–water partition coefficient (Wildman–Crippen LogP) is 5.92. The SMILES string of the molecule is O=C(CCNc1ccc(Oc2ccc(Cl)cc2)cc1)c1cc2ccccc2oc1=O. The molecule has 4 rings (SSSR count). The van der Waals surface area contributed by atoms with E-state index in [1.807, 2.05) is 30.3 Å². The monoisotopic (exact) mass is 419 g/mol. The van der Waals surface area contributed by atoms with Gasteiger partial charge in [0.05, 0.1) is 0 Å². The van der Waals surface area contributed by atoms with Crippen molar-refractivity contribution in [3.63, 3.8) is 0 Å². The topological polar surface area (TPSA) is 68.5 Å². The minimum atomic E-state index is -0.609. The zero-order valence-corrected chi connectivity index (χ0v) is 16.7. The number of ketones is 1. The lowest BCUT2D eigenvalue weighted by Gasteiger charge is -2.09. The van der Waals surface area contributed by atoms with E-state index >= 15 is 0 Å². The largest absolute Gasteiger partial charge is 0.457 e. The first kappa shape index (κ1) is 19.7. The Hall–Kier alpha value is -3.57. The molecule has 0 saturated heterocycles. The maximum absolute atomic E-state index is 12.5. The van der Waals surface area contributed by atoms with Gasteiger partial charge in [-0.2, -0.15) is 0 Å². The summed E-state index contributed by atoms with van der Waals surface area (Å²) in [7, 11) is 0. The predicted molar refractivity (Wildman–Crippen MR) is 118 cm³/mol. The van der Waals surface area contributed by atoms with Crippen LogP contribution in [0.2, 0.25) is 5.02 Å². The number of anilines is 1. The van der Waals surface area contributed by atoms with E-state index in [0.717, 1.165) is 11.1 Å². The van der Waals surface area contributed by atoms with E-state index in [0.29, 0.717) is 28.6 Å². The molecule has 0 amide bonds. The van der Waals surface area contributed by atoms with Crippen LogP contribution in [0, 0.1) is 0 Å². The molecule has 0 spiro atoms. The molecule has 4 aromatic rings. The fourth-order valence-electron chi connectivity index (χ4n) is 2.99. The van der Waals surface area contributed by atoms with Crippen molar-refractivity contribution in [3.05, 3.63) is 99.9 Å². The fourth-order valence-corrected chi connectivity index (χ4v) is 3.12. The second-order valence-corrected chi connectivity index (χ2v) is 7.10. The molecule has 1 heterocycles. The smallest absolute Gasteiger partial charge is 0.347 e. The number of rotatable bonds is 7. The van der Waals surface area contributed by atoms with Gasteiger partial charge < -0.3 is 14.5 Å². The lowest BCUT2D eigenvalue weighted by Crippen LogP contribution is -2.16. The van der Waals surface area contributed by atoms with Crippen molar-refractivity contribution in [1.82, 2.24) is 0 Å². The summed E-state index contributed by atoms with van der Waals surface area (Å²) in [6, 6.07) is 23.2. The van der Waals surface area contributed by atoms with Gasteiger partial charge >= 0.3 is 5.63 Å². The van der Waals surface area contributed by atoms with Crippen LogP contribution in [0.3, 0.4) is 0 Å². The third-order valence-corrected chi connectivity index (χ3v) is 4.78. The Labute approximate surface area is 177 Å². The van der Waals surface area contributed by atoms with Crippen molar-refractivity contribution in [2.45, 2.75) is 6.42 Å².